The quantitative estimate of drug-likeness (QED) is 0.541. The summed E-state index contributed by atoms with van der Waals surface area (Å²) in [6.07, 6.45) is 1.44. The van der Waals surface area contributed by atoms with Gasteiger partial charge in [-0.25, -0.2) is 13.5 Å². The maximum Gasteiger partial charge on any atom is 0.259 e. The summed E-state index contributed by atoms with van der Waals surface area (Å²) in [6.45, 7) is 0. The maximum absolute atomic E-state index is 13.4. The minimum Gasteiger partial charge on any atom is -0.322 e. The van der Waals surface area contributed by atoms with Crippen LogP contribution < -0.4 is 5.32 Å². The molecule has 1 aromatic heterocycles. The fourth-order valence-corrected chi connectivity index (χ4v) is 2.98. The van der Waals surface area contributed by atoms with Crippen molar-refractivity contribution >= 4 is 11.6 Å². The van der Waals surface area contributed by atoms with Crippen LogP contribution in [0.1, 0.15) is 10.4 Å². The second kappa shape index (κ2) is 7.44. The highest BCUT2D eigenvalue weighted by molar-refractivity contribution is 6.08. The van der Waals surface area contributed by atoms with Gasteiger partial charge < -0.3 is 5.32 Å². The van der Waals surface area contributed by atoms with E-state index in [0.717, 1.165) is 29.4 Å². The molecule has 0 bridgehead atoms. The number of anilines is 1. The van der Waals surface area contributed by atoms with Crippen LogP contribution in [0.2, 0.25) is 0 Å². The van der Waals surface area contributed by atoms with Crippen LogP contribution in [-0.4, -0.2) is 15.7 Å². The molecule has 0 atom stereocenters. The third-order valence-corrected chi connectivity index (χ3v) is 4.18. The number of nitrogens with zero attached hydrogens (tertiary/aromatic N) is 2. The molecule has 0 aliphatic carbocycles. The maximum atomic E-state index is 13.4. The molecule has 4 rings (SSSR count). The zero-order valence-corrected chi connectivity index (χ0v) is 14.6. The monoisotopic (exact) mass is 375 g/mol. The van der Waals surface area contributed by atoms with E-state index in [1.807, 2.05) is 60.7 Å². The van der Waals surface area contributed by atoms with E-state index in [0.29, 0.717) is 11.3 Å². The van der Waals surface area contributed by atoms with Gasteiger partial charge in [-0.05, 0) is 24.3 Å². The summed E-state index contributed by atoms with van der Waals surface area (Å²) in [4.78, 5) is 12.9. The number of hydrogen-bond donors (Lipinski definition) is 1. The van der Waals surface area contributed by atoms with Crippen molar-refractivity contribution < 1.29 is 13.6 Å². The highest BCUT2D eigenvalue weighted by atomic mass is 19.1. The second-order valence-electron chi connectivity index (χ2n) is 6.13. The first kappa shape index (κ1) is 17.6. The van der Waals surface area contributed by atoms with Crippen LogP contribution in [0.4, 0.5) is 14.5 Å². The van der Waals surface area contributed by atoms with Crippen molar-refractivity contribution in [3.8, 4) is 16.9 Å². The van der Waals surface area contributed by atoms with Crippen LogP contribution in [0.15, 0.2) is 85.1 Å². The molecule has 3 aromatic carbocycles. The highest BCUT2D eigenvalue weighted by Crippen LogP contribution is 2.27. The molecule has 1 heterocycles. The van der Waals surface area contributed by atoms with Crippen molar-refractivity contribution in [1.29, 1.82) is 0 Å². The van der Waals surface area contributed by atoms with E-state index in [-0.39, 0.29) is 5.69 Å². The number of carbonyl (C=O) groups is 1. The van der Waals surface area contributed by atoms with Crippen LogP contribution in [0.3, 0.4) is 0 Å². The van der Waals surface area contributed by atoms with Crippen molar-refractivity contribution in [2.75, 3.05) is 5.32 Å². The molecule has 1 N–H and O–H groups in total. The van der Waals surface area contributed by atoms with E-state index >= 15 is 0 Å². The first-order chi connectivity index (χ1) is 13.6. The Morgan fingerprint density at radius 1 is 0.857 bits per heavy atom. The first-order valence-electron chi connectivity index (χ1n) is 8.58. The van der Waals surface area contributed by atoms with E-state index in [1.165, 1.54) is 6.20 Å². The SMILES string of the molecule is O=C(Nc1cc(F)cc(F)c1)c1cnn(-c2ccccc2)c1-c1ccccc1. The normalized spacial score (nSPS) is 10.6. The number of nitrogens with one attached hydrogen (secondary N) is 1. The third kappa shape index (κ3) is 3.53. The van der Waals surface area contributed by atoms with Gasteiger partial charge in [-0.2, -0.15) is 5.10 Å². The summed E-state index contributed by atoms with van der Waals surface area (Å²) >= 11 is 0. The number of aromatic nitrogens is 2. The highest BCUT2D eigenvalue weighted by Gasteiger charge is 2.20. The lowest BCUT2D eigenvalue weighted by Gasteiger charge is -2.11. The van der Waals surface area contributed by atoms with E-state index in [2.05, 4.69) is 10.4 Å². The van der Waals surface area contributed by atoms with Crippen LogP contribution in [0.5, 0.6) is 0 Å². The lowest BCUT2D eigenvalue weighted by atomic mass is 10.1. The van der Waals surface area contributed by atoms with Gasteiger partial charge in [0.1, 0.15) is 11.6 Å². The van der Waals surface area contributed by atoms with Crippen molar-refractivity contribution in [3.63, 3.8) is 0 Å². The molecule has 0 fully saturated rings. The van der Waals surface area contributed by atoms with Crippen molar-refractivity contribution in [3.05, 3.63) is 102 Å². The van der Waals surface area contributed by atoms with Gasteiger partial charge in [0.2, 0.25) is 0 Å². The molecule has 0 saturated carbocycles. The van der Waals surface area contributed by atoms with Crippen LogP contribution in [0, 0.1) is 11.6 Å². The molecule has 4 nitrogen and oxygen atoms in total. The third-order valence-electron chi connectivity index (χ3n) is 4.18. The Balaban J connectivity index is 1.78. The number of rotatable bonds is 4. The van der Waals surface area contributed by atoms with Gasteiger partial charge in [-0.3, -0.25) is 4.79 Å². The molecule has 28 heavy (non-hydrogen) atoms. The molecule has 0 saturated heterocycles. The fourth-order valence-electron chi connectivity index (χ4n) is 2.98. The molecule has 0 spiro atoms. The molecule has 0 unspecified atom stereocenters. The summed E-state index contributed by atoms with van der Waals surface area (Å²) in [5, 5.41) is 6.91. The molecule has 0 aliphatic rings. The minimum absolute atomic E-state index is 0.0361. The smallest absolute Gasteiger partial charge is 0.259 e. The van der Waals surface area contributed by atoms with Crippen molar-refractivity contribution in [2.24, 2.45) is 0 Å². The molecular weight excluding hydrogens is 360 g/mol. The Morgan fingerprint density at radius 2 is 1.46 bits per heavy atom. The summed E-state index contributed by atoms with van der Waals surface area (Å²) in [5.41, 5.74) is 2.49. The average molecular weight is 375 g/mol. The van der Waals surface area contributed by atoms with Crippen molar-refractivity contribution in [1.82, 2.24) is 9.78 Å². The Morgan fingerprint density at radius 3 is 2.11 bits per heavy atom. The zero-order chi connectivity index (χ0) is 19.5. The number of carbonyl (C=O) groups excluding carboxylic acids is 1. The summed E-state index contributed by atoms with van der Waals surface area (Å²) in [5.74, 6) is -2.04. The predicted molar refractivity (Wildman–Crippen MR) is 103 cm³/mol. The summed E-state index contributed by atoms with van der Waals surface area (Å²) in [6, 6.07) is 21.6. The Hall–Kier alpha value is -3.80. The van der Waals surface area contributed by atoms with Gasteiger partial charge in [-0.15, -0.1) is 0 Å². The lowest BCUT2D eigenvalue weighted by molar-refractivity contribution is 0.102. The van der Waals surface area contributed by atoms with Gasteiger partial charge in [0.25, 0.3) is 5.91 Å². The van der Waals surface area contributed by atoms with Gasteiger partial charge in [0, 0.05) is 17.3 Å². The topological polar surface area (TPSA) is 46.9 Å². The molecule has 4 aromatic rings. The standard InChI is InChI=1S/C22H15F2N3O/c23-16-11-17(24)13-18(12-16)26-22(28)20-14-25-27(19-9-5-2-6-10-19)21(20)15-7-3-1-4-8-15/h1-14H,(H,26,28). The van der Waals surface area contributed by atoms with E-state index in [9.17, 15) is 13.6 Å². The molecular formula is C22H15F2N3O. The number of hydrogen-bond acceptors (Lipinski definition) is 2. The Labute approximate surface area is 160 Å². The Bertz CT molecular complexity index is 1100. The molecule has 6 heteroatoms. The van der Waals surface area contributed by atoms with Crippen LogP contribution >= 0.6 is 0 Å². The van der Waals surface area contributed by atoms with Crippen molar-refractivity contribution in [2.45, 2.75) is 0 Å². The number of amides is 1. The number of halogens is 2. The fraction of sp³-hybridized carbons (Fsp3) is 0. The predicted octanol–water partition coefficient (Wildman–Crippen LogP) is 5.07. The van der Waals surface area contributed by atoms with E-state index in [4.69, 9.17) is 0 Å². The minimum atomic E-state index is -0.765. The summed E-state index contributed by atoms with van der Waals surface area (Å²) < 4.78 is 28.5. The van der Waals surface area contributed by atoms with Crippen LogP contribution in [-0.2, 0) is 0 Å². The van der Waals surface area contributed by atoms with E-state index < -0.39 is 17.5 Å². The summed E-state index contributed by atoms with van der Waals surface area (Å²) in [7, 11) is 0. The van der Waals surface area contributed by atoms with E-state index in [1.54, 1.807) is 4.68 Å². The second-order valence-corrected chi connectivity index (χ2v) is 6.13. The van der Waals surface area contributed by atoms with Crippen LogP contribution in [0.25, 0.3) is 16.9 Å². The Kier molecular flexibility index (Phi) is 4.68. The first-order valence-corrected chi connectivity index (χ1v) is 8.58. The molecule has 0 aliphatic heterocycles. The molecule has 0 radical (unpaired) electrons. The number of para-hydroxylation sites is 1. The average Bonchev–Trinajstić information content (AvgIpc) is 3.14. The van der Waals surface area contributed by atoms with Gasteiger partial charge in [0.05, 0.1) is 23.1 Å². The van der Waals surface area contributed by atoms with Gasteiger partial charge in [0.15, 0.2) is 0 Å². The molecule has 138 valence electrons. The van der Waals surface area contributed by atoms with Gasteiger partial charge in [-0.1, -0.05) is 48.5 Å². The number of benzene rings is 3. The largest absolute Gasteiger partial charge is 0.322 e. The lowest BCUT2D eigenvalue weighted by Crippen LogP contribution is -2.13. The van der Waals surface area contributed by atoms with Gasteiger partial charge >= 0.3 is 0 Å². The molecule has 1 amide bonds. The zero-order valence-electron chi connectivity index (χ0n) is 14.6.